The quantitative estimate of drug-likeness (QED) is 0.750. The molecule has 2 aromatic carbocycles. The number of benzene rings is 2. The van der Waals surface area contributed by atoms with Gasteiger partial charge in [0.25, 0.3) is 0 Å². The predicted octanol–water partition coefficient (Wildman–Crippen LogP) is 2.39. The second kappa shape index (κ2) is 9.36. The molecule has 0 spiro atoms. The summed E-state index contributed by atoms with van der Waals surface area (Å²) in [6, 6.07) is 17.9. The maximum Gasteiger partial charge on any atom is 0.220 e. The summed E-state index contributed by atoms with van der Waals surface area (Å²) in [6.07, 6.45) is 1.08. The molecule has 1 amide bonds. The van der Waals surface area contributed by atoms with Crippen LogP contribution in [0.15, 0.2) is 54.6 Å². The molecular weight excluding hydrogens is 326 g/mol. The summed E-state index contributed by atoms with van der Waals surface area (Å²) in [4.78, 5) is 14.9. The molecule has 1 aliphatic heterocycles. The van der Waals surface area contributed by atoms with E-state index < -0.39 is 0 Å². The third kappa shape index (κ3) is 5.31. The van der Waals surface area contributed by atoms with E-state index in [2.05, 4.69) is 22.3 Å². The number of para-hydroxylation sites is 1. The Kier molecular flexibility index (Phi) is 6.63. The Balaban J connectivity index is 1.61. The molecule has 5 nitrogen and oxygen atoms in total. The van der Waals surface area contributed by atoms with Crippen molar-refractivity contribution < 1.29 is 9.53 Å². The lowest BCUT2D eigenvalue weighted by molar-refractivity contribution is -0.122. The lowest BCUT2D eigenvalue weighted by Crippen LogP contribution is -2.43. The van der Waals surface area contributed by atoms with Gasteiger partial charge in [-0.2, -0.15) is 0 Å². The number of nitrogens with zero attached hydrogens (tertiary/aromatic N) is 1. The van der Waals surface area contributed by atoms with Crippen LogP contribution in [0.1, 0.15) is 23.6 Å². The Morgan fingerprint density at radius 1 is 1.08 bits per heavy atom. The first-order valence-corrected chi connectivity index (χ1v) is 9.20. The smallest absolute Gasteiger partial charge is 0.220 e. The Morgan fingerprint density at radius 2 is 1.77 bits per heavy atom. The van der Waals surface area contributed by atoms with Crippen LogP contribution in [0.2, 0.25) is 0 Å². The maximum absolute atomic E-state index is 12.6. The summed E-state index contributed by atoms with van der Waals surface area (Å²) in [5.74, 6) is 0.0513. The molecule has 1 heterocycles. The largest absolute Gasteiger partial charge is 0.399 e. The third-order valence-electron chi connectivity index (χ3n) is 4.76. The van der Waals surface area contributed by atoms with E-state index in [9.17, 15) is 4.79 Å². The summed E-state index contributed by atoms with van der Waals surface area (Å²) in [5.41, 5.74) is 8.87. The summed E-state index contributed by atoms with van der Waals surface area (Å²) in [5, 5.41) is 3.21. The predicted molar refractivity (Wildman–Crippen MR) is 104 cm³/mol. The SMILES string of the molecule is Nc1ccccc1CCC(=O)NC(CN1CCOCC1)c1ccccc1. The van der Waals surface area contributed by atoms with E-state index in [1.165, 1.54) is 0 Å². The van der Waals surface area contributed by atoms with Crippen molar-refractivity contribution in [3.63, 3.8) is 0 Å². The minimum absolute atomic E-state index is 0.0186. The van der Waals surface area contributed by atoms with Gasteiger partial charge in [-0.15, -0.1) is 0 Å². The van der Waals surface area contributed by atoms with Crippen molar-refractivity contribution in [2.75, 3.05) is 38.6 Å². The number of aryl methyl sites for hydroxylation is 1. The zero-order chi connectivity index (χ0) is 18.2. The van der Waals surface area contributed by atoms with Crippen molar-refractivity contribution in [3.8, 4) is 0 Å². The van der Waals surface area contributed by atoms with Crippen LogP contribution in [-0.2, 0) is 16.0 Å². The number of nitrogen functional groups attached to an aromatic ring is 1. The second-order valence-electron chi connectivity index (χ2n) is 6.64. The van der Waals surface area contributed by atoms with E-state index in [0.717, 1.165) is 49.7 Å². The van der Waals surface area contributed by atoms with Crippen LogP contribution >= 0.6 is 0 Å². The summed E-state index contributed by atoms with van der Waals surface area (Å²) in [6.45, 7) is 4.11. The highest BCUT2D eigenvalue weighted by Gasteiger charge is 2.20. The molecule has 1 atom stereocenters. The number of anilines is 1. The normalized spacial score (nSPS) is 16.2. The number of nitrogens with two attached hydrogens (primary N) is 1. The van der Waals surface area contributed by atoms with Crippen LogP contribution in [0.4, 0.5) is 5.69 Å². The lowest BCUT2D eigenvalue weighted by atomic mass is 10.0. The molecule has 0 saturated carbocycles. The van der Waals surface area contributed by atoms with Crippen molar-refractivity contribution in [1.29, 1.82) is 0 Å². The fourth-order valence-electron chi connectivity index (χ4n) is 3.24. The monoisotopic (exact) mass is 353 g/mol. The highest BCUT2D eigenvalue weighted by atomic mass is 16.5. The lowest BCUT2D eigenvalue weighted by Gasteiger charge is -2.31. The van der Waals surface area contributed by atoms with Crippen LogP contribution in [0.5, 0.6) is 0 Å². The summed E-state index contributed by atoms with van der Waals surface area (Å²) < 4.78 is 5.43. The number of carbonyl (C=O) groups excluding carboxylic acids is 1. The number of nitrogens with one attached hydrogen (secondary N) is 1. The van der Waals surface area contributed by atoms with Gasteiger partial charge in [0.1, 0.15) is 0 Å². The number of hydrogen-bond acceptors (Lipinski definition) is 4. The minimum atomic E-state index is -0.0186. The average Bonchev–Trinajstić information content (AvgIpc) is 2.68. The Hall–Kier alpha value is -2.37. The molecule has 1 unspecified atom stereocenters. The van der Waals surface area contributed by atoms with E-state index in [1.54, 1.807) is 0 Å². The number of amides is 1. The molecule has 0 aliphatic carbocycles. The molecule has 1 aliphatic rings. The summed E-state index contributed by atoms with van der Waals surface area (Å²) >= 11 is 0. The average molecular weight is 353 g/mol. The fourth-order valence-corrected chi connectivity index (χ4v) is 3.24. The number of morpholine rings is 1. The molecule has 1 fully saturated rings. The van der Waals surface area contributed by atoms with Crippen molar-refractivity contribution in [3.05, 3.63) is 65.7 Å². The molecule has 3 rings (SSSR count). The highest BCUT2D eigenvalue weighted by Crippen LogP contribution is 2.17. The second-order valence-corrected chi connectivity index (χ2v) is 6.64. The zero-order valence-corrected chi connectivity index (χ0v) is 15.1. The number of hydrogen-bond donors (Lipinski definition) is 2. The van der Waals surface area contributed by atoms with Gasteiger partial charge in [-0.25, -0.2) is 0 Å². The Labute approximate surface area is 155 Å². The van der Waals surface area contributed by atoms with Crippen molar-refractivity contribution >= 4 is 11.6 Å². The van der Waals surface area contributed by atoms with Gasteiger partial charge < -0.3 is 15.8 Å². The van der Waals surface area contributed by atoms with Crippen LogP contribution in [-0.4, -0.2) is 43.7 Å². The van der Waals surface area contributed by atoms with Crippen LogP contribution in [0.3, 0.4) is 0 Å². The van der Waals surface area contributed by atoms with E-state index in [0.29, 0.717) is 12.8 Å². The molecule has 0 aromatic heterocycles. The fraction of sp³-hybridized carbons (Fsp3) is 0.381. The first kappa shape index (κ1) is 18.4. The van der Waals surface area contributed by atoms with Crippen molar-refractivity contribution in [2.45, 2.75) is 18.9 Å². The van der Waals surface area contributed by atoms with E-state index in [1.807, 2.05) is 42.5 Å². The van der Waals surface area contributed by atoms with E-state index >= 15 is 0 Å². The standard InChI is InChI=1S/C21H27N3O2/c22-19-9-5-4-6-17(19)10-11-21(25)23-20(18-7-2-1-3-8-18)16-24-12-14-26-15-13-24/h1-9,20H,10-16,22H2,(H,23,25). The highest BCUT2D eigenvalue weighted by molar-refractivity contribution is 5.77. The molecule has 26 heavy (non-hydrogen) atoms. The topological polar surface area (TPSA) is 67.6 Å². The zero-order valence-electron chi connectivity index (χ0n) is 15.1. The summed E-state index contributed by atoms with van der Waals surface area (Å²) in [7, 11) is 0. The van der Waals surface area contributed by atoms with Gasteiger partial charge in [-0.1, -0.05) is 48.5 Å². The Bertz CT molecular complexity index is 699. The molecule has 138 valence electrons. The van der Waals surface area contributed by atoms with Crippen LogP contribution in [0.25, 0.3) is 0 Å². The van der Waals surface area contributed by atoms with Crippen molar-refractivity contribution in [2.24, 2.45) is 0 Å². The molecule has 0 radical (unpaired) electrons. The first-order chi connectivity index (χ1) is 12.7. The maximum atomic E-state index is 12.6. The third-order valence-corrected chi connectivity index (χ3v) is 4.76. The van der Waals surface area contributed by atoms with Gasteiger partial charge in [-0.3, -0.25) is 9.69 Å². The first-order valence-electron chi connectivity index (χ1n) is 9.20. The van der Waals surface area contributed by atoms with Crippen molar-refractivity contribution in [1.82, 2.24) is 10.2 Å². The molecule has 1 saturated heterocycles. The molecule has 0 bridgehead atoms. The number of carbonyl (C=O) groups is 1. The van der Waals surface area contributed by atoms with E-state index in [-0.39, 0.29) is 11.9 Å². The molecule has 3 N–H and O–H groups in total. The number of rotatable bonds is 7. The van der Waals surface area contributed by atoms with Gasteiger partial charge in [0.15, 0.2) is 0 Å². The van der Waals surface area contributed by atoms with Crippen LogP contribution in [0, 0.1) is 0 Å². The van der Waals surface area contributed by atoms with Crippen LogP contribution < -0.4 is 11.1 Å². The van der Waals surface area contributed by atoms with Gasteiger partial charge >= 0.3 is 0 Å². The van der Waals surface area contributed by atoms with E-state index in [4.69, 9.17) is 10.5 Å². The Morgan fingerprint density at radius 3 is 2.50 bits per heavy atom. The molecule has 2 aromatic rings. The minimum Gasteiger partial charge on any atom is -0.399 e. The molecule has 5 heteroatoms. The van der Waals surface area contributed by atoms with Gasteiger partial charge in [0, 0.05) is 31.7 Å². The van der Waals surface area contributed by atoms with Gasteiger partial charge in [0.2, 0.25) is 5.91 Å². The van der Waals surface area contributed by atoms with Gasteiger partial charge in [-0.05, 0) is 23.6 Å². The molecular formula is C21H27N3O2. The number of ether oxygens (including phenoxy) is 1. The van der Waals surface area contributed by atoms with Gasteiger partial charge in [0.05, 0.1) is 19.3 Å².